The predicted molar refractivity (Wildman–Crippen MR) is 137 cm³/mol. The third-order valence-corrected chi connectivity index (χ3v) is 5.93. The van der Waals surface area contributed by atoms with E-state index in [1.54, 1.807) is 4.57 Å². The minimum Gasteiger partial charge on any atom is -0.484 e. The Kier molecular flexibility index (Phi) is 6.53. The Bertz CT molecular complexity index is 1590. The van der Waals surface area contributed by atoms with Crippen molar-refractivity contribution < 1.29 is 9.26 Å². The van der Waals surface area contributed by atoms with Crippen LogP contribution in [0.3, 0.4) is 0 Å². The van der Waals surface area contributed by atoms with Crippen LogP contribution < -0.4 is 16.0 Å². The summed E-state index contributed by atoms with van der Waals surface area (Å²) in [6.45, 7) is 5.04. The smallest absolute Gasteiger partial charge is 0.331 e. The standard InChI is InChI=1S/C27H27N5O4/c1-3-14-31-22-16-21(28-24(22)26(33)32(15-4-2)27(31)34)18-10-12-20(13-11-18)35-17-23-29-25(30-36-23)19-8-6-5-7-9-19/h5-13,16,28H,3-4,14-15,17H2,1-2H3. The van der Waals surface area contributed by atoms with Gasteiger partial charge in [0.1, 0.15) is 11.3 Å². The van der Waals surface area contributed by atoms with Gasteiger partial charge in [0.25, 0.3) is 11.4 Å². The first-order chi connectivity index (χ1) is 17.6. The molecule has 0 bridgehead atoms. The number of rotatable bonds is 9. The van der Waals surface area contributed by atoms with Crippen LogP contribution in [0, 0.1) is 0 Å². The lowest BCUT2D eigenvalue weighted by molar-refractivity contribution is 0.243. The lowest BCUT2D eigenvalue weighted by Crippen LogP contribution is -2.39. The van der Waals surface area contributed by atoms with Gasteiger partial charge < -0.3 is 14.2 Å². The minimum atomic E-state index is -0.287. The van der Waals surface area contributed by atoms with E-state index in [1.165, 1.54) is 4.57 Å². The Balaban J connectivity index is 1.36. The lowest BCUT2D eigenvalue weighted by atomic mass is 10.1. The molecule has 9 nitrogen and oxygen atoms in total. The number of aryl methyl sites for hydroxylation is 1. The van der Waals surface area contributed by atoms with Crippen molar-refractivity contribution in [2.45, 2.75) is 46.4 Å². The van der Waals surface area contributed by atoms with Crippen molar-refractivity contribution in [3.63, 3.8) is 0 Å². The second kappa shape index (κ2) is 10.1. The summed E-state index contributed by atoms with van der Waals surface area (Å²) < 4.78 is 14.1. The van der Waals surface area contributed by atoms with Gasteiger partial charge in [-0.2, -0.15) is 4.98 Å². The highest BCUT2D eigenvalue weighted by Gasteiger charge is 2.16. The second-order valence-corrected chi connectivity index (χ2v) is 8.53. The minimum absolute atomic E-state index is 0.145. The highest BCUT2D eigenvalue weighted by molar-refractivity contribution is 5.82. The van der Waals surface area contributed by atoms with Gasteiger partial charge in [-0.05, 0) is 48.7 Å². The SMILES string of the molecule is CCCn1c(=O)c2[nH]c(-c3ccc(OCc4nc(-c5ccccc5)no4)cc3)cc2n(CCC)c1=O. The first-order valence-corrected chi connectivity index (χ1v) is 12.1. The number of nitrogens with one attached hydrogen (secondary N) is 1. The fourth-order valence-electron chi connectivity index (χ4n) is 4.20. The number of benzene rings is 2. The maximum Gasteiger partial charge on any atom is 0.331 e. The van der Waals surface area contributed by atoms with Crippen LogP contribution in [-0.4, -0.2) is 24.3 Å². The van der Waals surface area contributed by atoms with E-state index in [2.05, 4.69) is 15.1 Å². The van der Waals surface area contributed by atoms with E-state index in [4.69, 9.17) is 9.26 Å². The summed E-state index contributed by atoms with van der Waals surface area (Å²) in [5.74, 6) is 1.54. The van der Waals surface area contributed by atoms with Crippen LogP contribution in [0.2, 0.25) is 0 Å². The number of H-pyrrole nitrogens is 1. The topological polar surface area (TPSA) is 108 Å². The zero-order chi connectivity index (χ0) is 25.1. The van der Waals surface area contributed by atoms with Crippen LogP contribution in [0.15, 0.2) is 74.8 Å². The summed E-state index contributed by atoms with van der Waals surface area (Å²) >= 11 is 0. The Labute approximate surface area is 207 Å². The Morgan fingerprint density at radius 1 is 0.917 bits per heavy atom. The van der Waals surface area contributed by atoms with Gasteiger partial charge in [-0.3, -0.25) is 13.9 Å². The highest BCUT2D eigenvalue weighted by Crippen LogP contribution is 2.25. The Morgan fingerprint density at radius 2 is 1.64 bits per heavy atom. The fraction of sp³-hybridized carbons (Fsp3) is 0.259. The molecule has 0 unspecified atom stereocenters. The summed E-state index contributed by atoms with van der Waals surface area (Å²) in [7, 11) is 0. The quantitative estimate of drug-likeness (QED) is 0.327. The number of nitrogens with zero attached hydrogens (tertiary/aromatic N) is 4. The van der Waals surface area contributed by atoms with Crippen molar-refractivity contribution in [1.82, 2.24) is 24.3 Å². The van der Waals surface area contributed by atoms with E-state index in [0.717, 1.165) is 23.2 Å². The van der Waals surface area contributed by atoms with Crippen molar-refractivity contribution in [2.75, 3.05) is 0 Å². The van der Waals surface area contributed by atoms with Gasteiger partial charge in [0.15, 0.2) is 6.61 Å². The van der Waals surface area contributed by atoms with E-state index in [0.29, 0.717) is 48.0 Å². The molecule has 2 aromatic carbocycles. The molecule has 0 aliphatic rings. The number of hydrogen-bond donors (Lipinski definition) is 1. The number of aromatic amines is 1. The third-order valence-electron chi connectivity index (χ3n) is 5.93. The zero-order valence-electron chi connectivity index (χ0n) is 20.2. The molecule has 3 heterocycles. The summed E-state index contributed by atoms with van der Waals surface area (Å²) in [5, 5.41) is 4.00. The Morgan fingerprint density at radius 3 is 2.36 bits per heavy atom. The van der Waals surface area contributed by atoms with Crippen LogP contribution in [0.4, 0.5) is 0 Å². The summed E-state index contributed by atoms with van der Waals surface area (Å²) in [6, 6.07) is 18.9. The third kappa shape index (κ3) is 4.47. The number of fused-ring (bicyclic) bond motifs is 1. The van der Waals surface area contributed by atoms with Gasteiger partial charge in [0, 0.05) is 24.3 Å². The molecule has 0 amide bonds. The first-order valence-electron chi connectivity index (χ1n) is 12.1. The number of aromatic nitrogens is 5. The van der Waals surface area contributed by atoms with Crippen LogP contribution >= 0.6 is 0 Å². The average Bonchev–Trinajstić information content (AvgIpc) is 3.57. The molecule has 0 spiro atoms. The van der Waals surface area contributed by atoms with E-state index >= 15 is 0 Å². The molecule has 0 radical (unpaired) electrons. The molecule has 0 saturated carbocycles. The molecule has 0 aliphatic heterocycles. The lowest BCUT2D eigenvalue weighted by Gasteiger charge is -2.10. The van der Waals surface area contributed by atoms with Crippen LogP contribution in [0.5, 0.6) is 5.75 Å². The van der Waals surface area contributed by atoms with Gasteiger partial charge in [-0.25, -0.2) is 4.79 Å². The molecule has 1 N–H and O–H groups in total. The van der Waals surface area contributed by atoms with Crippen molar-refractivity contribution in [1.29, 1.82) is 0 Å². The van der Waals surface area contributed by atoms with Gasteiger partial charge in [0.05, 0.1) is 5.52 Å². The fourth-order valence-corrected chi connectivity index (χ4v) is 4.20. The number of ether oxygens (including phenoxy) is 1. The molecule has 184 valence electrons. The Hall–Kier alpha value is -4.40. The van der Waals surface area contributed by atoms with E-state index in [1.807, 2.05) is 74.5 Å². The van der Waals surface area contributed by atoms with E-state index < -0.39 is 0 Å². The van der Waals surface area contributed by atoms with Gasteiger partial charge >= 0.3 is 5.69 Å². The largest absolute Gasteiger partial charge is 0.484 e. The highest BCUT2D eigenvalue weighted by atomic mass is 16.5. The van der Waals surface area contributed by atoms with E-state index in [9.17, 15) is 9.59 Å². The van der Waals surface area contributed by atoms with E-state index in [-0.39, 0.29) is 17.9 Å². The molecule has 5 aromatic rings. The molecule has 9 heteroatoms. The van der Waals surface area contributed by atoms with Crippen LogP contribution in [-0.2, 0) is 19.7 Å². The normalized spacial score (nSPS) is 11.3. The van der Waals surface area contributed by atoms with Crippen LogP contribution in [0.25, 0.3) is 33.7 Å². The molecule has 36 heavy (non-hydrogen) atoms. The van der Waals surface area contributed by atoms with Crippen molar-refractivity contribution in [2.24, 2.45) is 0 Å². The summed E-state index contributed by atoms with van der Waals surface area (Å²) in [4.78, 5) is 33.5. The average molecular weight is 486 g/mol. The molecule has 3 aromatic heterocycles. The predicted octanol–water partition coefficient (Wildman–Crippen LogP) is 4.61. The number of hydrogen-bond acceptors (Lipinski definition) is 6. The van der Waals surface area contributed by atoms with Crippen molar-refractivity contribution >= 4 is 11.0 Å². The molecular formula is C27H27N5O4. The van der Waals surface area contributed by atoms with Gasteiger partial charge in [0.2, 0.25) is 5.82 Å². The molecule has 0 atom stereocenters. The zero-order valence-corrected chi connectivity index (χ0v) is 20.2. The van der Waals surface area contributed by atoms with Crippen molar-refractivity contribution in [3.05, 3.63) is 87.4 Å². The molecule has 0 aliphatic carbocycles. The maximum atomic E-state index is 13.0. The summed E-state index contributed by atoms with van der Waals surface area (Å²) in [6.07, 6.45) is 1.50. The molecule has 5 rings (SSSR count). The second-order valence-electron chi connectivity index (χ2n) is 8.53. The van der Waals surface area contributed by atoms with Crippen molar-refractivity contribution in [3.8, 4) is 28.4 Å². The molecular weight excluding hydrogens is 458 g/mol. The first kappa shape index (κ1) is 23.3. The molecule has 0 saturated heterocycles. The van der Waals surface area contributed by atoms with Gasteiger partial charge in [-0.15, -0.1) is 0 Å². The van der Waals surface area contributed by atoms with Gasteiger partial charge in [-0.1, -0.05) is 49.3 Å². The monoisotopic (exact) mass is 485 g/mol. The molecule has 0 fully saturated rings. The maximum absolute atomic E-state index is 13.0. The van der Waals surface area contributed by atoms with Crippen LogP contribution in [0.1, 0.15) is 32.6 Å². The summed E-state index contributed by atoms with van der Waals surface area (Å²) in [5.41, 5.74) is 3.03.